The summed E-state index contributed by atoms with van der Waals surface area (Å²) in [5.74, 6) is -0.0396. The Morgan fingerprint density at radius 2 is 1.92 bits per heavy atom. The van der Waals surface area contributed by atoms with Crippen molar-refractivity contribution < 1.29 is 14.0 Å². The number of rotatable bonds is 3. The molecule has 1 fully saturated rings. The van der Waals surface area contributed by atoms with E-state index in [-0.39, 0.29) is 23.7 Å². The van der Waals surface area contributed by atoms with Crippen LogP contribution < -0.4 is 10.2 Å². The molecule has 1 aliphatic rings. The van der Waals surface area contributed by atoms with Crippen molar-refractivity contribution >= 4 is 17.6 Å². The Labute approximate surface area is 149 Å². The van der Waals surface area contributed by atoms with Gasteiger partial charge in [-0.25, -0.2) is 9.18 Å². The third kappa shape index (κ3) is 5.18. The standard InChI is InChI=1S/C19H28FN3O2/c1-19(2,3)17(24)21-12-14-6-5-11-23(13-14)18(25)22(4)16-9-7-15(20)8-10-16/h7-10,14H,5-6,11-13H2,1-4H3,(H,21,24). The Morgan fingerprint density at radius 1 is 1.28 bits per heavy atom. The van der Waals surface area contributed by atoms with E-state index in [4.69, 9.17) is 0 Å². The molecule has 0 bridgehead atoms. The van der Waals surface area contributed by atoms with Gasteiger partial charge < -0.3 is 10.2 Å². The number of carbonyl (C=O) groups is 2. The molecule has 1 atom stereocenters. The number of piperidine rings is 1. The Hall–Kier alpha value is -2.11. The number of hydrogen-bond donors (Lipinski definition) is 1. The van der Waals surface area contributed by atoms with Gasteiger partial charge >= 0.3 is 6.03 Å². The van der Waals surface area contributed by atoms with E-state index in [9.17, 15) is 14.0 Å². The first-order chi connectivity index (χ1) is 11.7. The molecule has 1 heterocycles. The molecule has 1 aromatic carbocycles. The number of benzene rings is 1. The predicted octanol–water partition coefficient (Wildman–Crippen LogP) is 3.26. The molecule has 0 aliphatic carbocycles. The van der Waals surface area contributed by atoms with Crippen molar-refractivity contribution in [3.63, 3.8) is 0 Å². The van der Waals surface area contributed by atoms with Crippen LogP contribution in [0.2, 0.25) is 0 Å². The molecular weight excluding hydrogens is 321 g/mol. The third-order valence-electron chi connectivity index (χ3n) is 4.52. The zero-order valence-electron chi connectivity index (χ0n) is 15.5. The van der Waals surface area contributed by atoms with Crippen LogP contribution in [-0.4, -0.2) is 43.5 Å². The van der Waals surface area contributed by atoms with Gasteiger partial charge in [-0.1, -0.05) is 20.8 Å². The minimum Gasteiger partial charge on any atom is -0.355 e. The molecular formula is C19H28FN3O2. The number of amides is 3. The first-order valence-electron chi connectivity index (χ1n) is 8.75. The van der Waals surface area contributed by atoms with Crippen molar-refractivity contribution in [1.82, 2.24) is 10.2 Å². The van der Waals surface area contributed by atoms with Crippen molar-refractivity contribution in [3.8, 4) is 0 Å². The van der Waals surface area contributed by atoms with Gasteiger partial charge in [0.15, 0.2) is 0 Å². The molecule has 25 heavy (non-hydrogen) atoms. The van der Waals surface area contributed by atoms with Crippen LogP contribution >= 0.6 is 0 Å². The first kappa shape index (κ1) is 19.2. The Bertz CT molecular complexity index is 610. The van der Waals surface area contributed by atoms with Gasteiger partial charge in [-0.3, -0.25) is 9.69 Å². The highest BCUT2D eigenvalue weighted by molar-refractivity contribution is 5.91. The lowest BCUT2D eigenvalue weighted by molar-refractivity contribution is -0.128. The molecule has 0 aromatic heterocycles. The lowest BCUT2D eigenvalue weighted by Gasteiger charge is -2.35. The summed E-state index contributed by atoms with van der Waals surface area (Å²) in [4.78, 5) is 28.1. The number of urea groups is 1. The summed E-state index contributed by atoms with van der Waals surface area (Å²) in [6, 6.07) is 5.79. The van der Waals surface area contributed by atoms with Gasteiger partial charge in [-0.05, 0) is 43.0 Å². The van der Waals surface area contributed by atoms with E-state index < -0.39 is 5.41 Å². The zero-order valence-corrected chi connectivity index (χ0v) is 15.5. The normalized spacial score (nSPS) is 18.0. The molecule has 0 spiro atoms. The predicted molar refractivity (Wildman–Crippen MR) is 97.0 cm³/mol. The second-order valence-electron chi connectivity index (χ2n) is 7.73. The molecule has 1 N–H and O–H groups in total. The highest BCUT2D eigenvalue weighted by Gasteiger charge is 2.28. The number of nitrogens with one attached hydrogen (secondary N) is 1. The van der Waals surface area contributed by atoms with E-state index in [1.807, 2.05) is 20.8 Å². The molecule has 0 saturated carbocycles. The molecule has 3 amide bonds. The summed E-state index contributed by atoms with van der Waals surface area (Å²) in [6.07, 6.45) is 1.91. The largest absolute Gasteiger partial charge is 0.355 e. The third-order valence-corrected chi connectivity index (χ3v) is 4.52. The average molecular weight is 349 g/mol. The number of anilines is 1. The maximum atomic E-state index is 13.0. The summed E-state index contributed by atoms with van der Waals surface area (Å²) in [5.41, 5.74) is 0.252. The van der Waals surface area contributed by atoms with E-state index in [1.54, 1.807) is 24.1 Å². The fraction of sp³-hybridized carbons (Fsp3) is 0.579. The van der Waals surface area contributed by atoms with Gasteiger partial charge in [0, 0.05) is 37.8 Å². The SMILES string of the molecule is CN(C(=O)N1CCCC(CNC(=O)C(C)(C)C)C1)c1ccc(F)cc1. The maximum Gasteiger partial charge on any atom is 0.324 e. The summed E-state index contributed by atoms with van der Waals surface area (Å²) < 4.78 is 13.0. The van der Waals surface area contributed by atoms with E-state index in [1.165, 1.54) is 17.0 Å². The number of carbonyl (C=O) groups excluding carboxylic acids is 2. The Balaban J connectivity index is 1.92. The van der Waals surface area contributed by atoms with Crippen LogP contribution in [0.4, 0.5) is 14.9 Å². The second kappa shape index (κ2) is 7.85. The molecule has 5 nitrogen and oxygen atoms in total. The average Bonchev–Trinajstić information content (AvgIpc) is 2.58. The zero-order chi connectivity index (χ0) is 18.6. The maximum absolute atomic E-state index is 13.0. The van der Waals surface area contributed by atoms with Crippen LogP contribution in [0.15, 0.2) is 24.3 Å². The second-order valence-corrected chi connectivity index (χ2v) is 7.73. The lowest BCUT2D eigenvalue weighted by Crippen LogP contribution is -2.49. The van der Waals surface area contributed by atoms with Crippen LogP contribution in [0.1, 0.15) is 33.6 Å². The van der Waals surface area contributed by atoms with Gasteiger partial charge in [-0.15, -0.1) is 0 Å². The monoisotopic (exact) mass is 349 g/mol. The number of hydrogen-bond acceptors (Lipinski definition) is 2. The Kier molecular flexibility index (Phi) is 6.03. The fourth-order valence-corrected chi connectivity index (χ4v) is 2.89. The van der Waals surface area contributed by atoms with Crippen molar-refractivity contribution in [3.05, 3.63) is 30.1 Å². The summed E-state index contributed by atoms with van der Waals surface area (Å²) in [5, 5.41) is 2.99. The summed E-state index contributed by atoms with van der Waals surface area (Å²) in [7, 11) is 1.70. The molecule has 6 heteroatoms. The number of likely N-dealkylation sites (tertiary alicyclic amines) is 1. The number of halogens is 1. The van der Waals surface area contributed by atoms with E-state index in [0.717, 1.165) is 12.8 Å². The van der Waals surface area contributed by atoms with Crippen molar-refractivity contribution in [2.45, 2.75) is 33.6 Å². The van der Waals surface area contributed by atoms with Crippen LogP contribution in [0.3, 0.4) is 0 Å². The van der Waals surface area contributed by atoms with Gasteiger partial charge in [0.2, 0.25) is 5.91 Å². The lowest BCUT2D eigenvalue weighted by atomic mass is 9.94. The van der Waals surface area contributed by atoms with Crippen molar-refractivity contribution in [2.75, 3.05) is 31.6 Å². The minimum absolute atomic E-state index is 0.0272. The highest BCUT2D eigenvalue weighted by Crippen LogP contribution is 2.21. The van der Waals surface area contributed by atoms with Gasteiger partial charge in [0.25, 0.3) is 0 Å². The van der Waals surface area contributed by atoms with Crippen LogP contribution in [-0.2, 0) is 4.79 Å². The fourth-order valence-electron chi connectivity index (χ4n) is 2.89. The van der Waals surface area contributed by atoms with Crippen LogP contribution in [0.25, 0.3) is 0 Å². The number of nitrogens with zero attached hydrogens (tertiary/aromatic N) is 2. The Morgan fingerprint density at radius 3 is 2.52 bits per heavy atom. The summed E-state index contributed by atoms with van der Waals surface area (Å²) in [6.45, 7) is 7.56. The molecule has 1 unspecified atom stereocenters. The summed E-state index contributed by atoms with van der Waals surface area (Å²) >= 11 is 0. The van der Waals surface area contributed by atoms with Crippen molar-refractivity contribution in [2.24, 2.45) is 11.3 Å². The van der Waals surface area contributed by atoms with E-state index in [2.05, 4.69) is 5.32 Å². The van der Waals surface area contributed by atoms with E-state index >= 15 is 0 Å². The minimum atomic E-state index is -0.410. The van der Waals surface area contributed by atoms with Gasteiger partial charge in [0.05, 0.1) is 0 Å². The molecule has 1 saturated heterocycles. The smallest absolute Gasteiger partial charge is 0.324 e. The highest BCUT2D eigenvalue weighted by atomic mass is 19.1. The molecule has 138 valence electrons. The molecule has 1 aromatic rings. The van der Waals surface area contributed by atoms with Crippen molar-refractivity contribution in [1.29, 1.82) is 0 Å². The molecule has 1 aliphatic heterocycles. The first-order valence-corrected chi connectivity index (χ1v) is 8.75. The van der Waals surface area contributed by atoms with Gasteiger partial charge in [-0.2, -0.15) is 0 Å². The topological polar surface area (TPSA) is 52.7 Å². The molecule has 2 rings (SSSR count). The van der Waals surface area contributed by atoms with Crippen LogP contribution in [0, 0.1) is 17.2 Å². The van der Waals surface area contributed by atoms with E-state index in [0.29, 0.717) is 25.3 Å². The van der Waals surface area contributed by atoms with Crippen LogP contribution in [0.5, 0.6) is 0 Å². The van der Waals surface area contributed by atoms with Gasteiger partial charge in [0.1, 0.15) is 5.82 Å². The quantitative estimate of drug-likeness (QED) is 0.911. The molecule has 0 radical (unpaired) electrons.